The van der Waals surface area contributed by atoms with Gasteiger partial charge in [0, 0.05) is 6.04 Å². The number of carbonyl (C=O) groups is 1. The molecule has 1 amide bonds. The predicted octanol–water partition coefficient (Wildman–Crippen LogP) is 0.492. The fourth-order valence-corrected chi connectivity index (χ4v) is 1.30. The van der Waals surface area contributed by atoms with Crippen molar-refractivity contribution in [1.29, 1.82) is 0 Å². The molecule has 0 spiro atoms. The lowest BCUT2D eigenvalue weighted by Gasteiger charge is -2.16. The summed E-state index contributed by atoms with van der Waals surface area (Å²) >= 11 is 0. The highest BCUT2D eigenvalue weighted by Crippen LogP contribution is 2.11. The number of aliphatic hydroxyl groups is 1. The number of nitrogens with two attached hydrogens (primary N) is 1. The van der Waals surface area contributed by atoms with E-state index in [0.717, 1.165) is 11.1 Å². The molecule has 0 aliphatic carbocycles. The van der Waals surface area contributed by atoms with Crippen LogP contribution in [0.5, 0.6) is 0 Å². The summed E-state index contributed by atoms with van der Waals surface area (Å²) in [6, 6.07) is 6.54. The van der Waals surface area contributed by atoms with Gasteiger partial charge in [-0.15, -0.1) is 0 Å². The van der Waals surface area contributed by atoms with Crippen LogP contribution >= 0.6 is 0 Å². The molecule has 4 N–H and O–H groups in total. The van der Waals surface area contributed by atoms with Gasteiger partial charge < -0.3 is 16.2 Å². The van der Waals surface area contributed by atoms with E-state index < -0.39 is 6.04 Å². The van der Waals surface area contributed by atoms with Gasteiger partial charge in [-0.05, 0) is 19.4 Å². The molecule has 0 aliphatic rings. The zero-order chi connectivity index (χ0) is 12.1. The number of hydrogen-bond donors (Lipinski definition) is 3. The Bertz CT molecular complexity index is 349. The number of amides is 1. The average Bonchev–Trinajstić information content (AvgIpc) is 2.28. The van der Waals surface area contributed by atoms with Crippen molar-refractivity contribution < 1.29 is 9.90 Å². The highest BCUT2D eigenvalue weighted by atomic mass is 16.3. The number of aryl methyl sites for hydroxylation is 1. The fourth-order valence-electron chi connectivity index (χ4n) is 1.30. The lowest BCUT2D eigenvalue weighted by molar-refractivity contribution is -0.123. The minimum Gasteiger partial charge on any atom is -0.394 e. The zero-order valence-electron chi connectivity index (χ0n) is 9.60. The SMILES string of the molecule is Cc1ccc(C(N)C(=O)N[C@H](C)CO)cc1. The van der Waals surface area contributed by atoms with Gasteiger partial charge in [-0.3, -0.25) is 4.79 Å². The Hall–Kier alpha value is -1.39. The first-order chi connectivity index (χ1) is 7.54. The molecule has 88 valence electrons. The van der Waals surface area contributed by atoms with Crippen molar-refractivity contribution in [3.05, 3.63) is 35.4 Å². The summed E-state index contributed by atoms with van der Waals surface area (Å²) < 4.78 is 0. The number of nitrogens with one attached hydrogen (secondary N) is 1. The molecule has 0 heterocycles. The Morgan fingerprint density at radius 2 is 2.00 bits per heavy atom. The summed E-state index contributed by atoms with van der Waals surface area (Å²) in [5, 5.41) is 11.4. The Labute approximate surface area is 95.5 Å². The van der Waals surface area contributed by atoms with Crippen LogP contribution < -0.4 is 11.1 Å². The second kappa shape index (κ2) is 5.63. The molecule has 16 heavy (non-hydrogen) atoms. The summed E-state index contributed by atoms with van der Waals surface area (Å²) in [6.07, 6.45) is 0. The van der Waals surface area contributed by atoms with E-state index >= 15 is 0 Å². The lowest BCUT2D eigenvalue weighted by Crippen LogP contribution is -2.41. The molecule has 1 aromatic carbocycles. The van der Waals surface area contributed by atoms with Crippen molar-refractivity contribution in [2.45, 2.75) is 25.9 Å². The number of carbonyl (C=O) groups excluding carboxylic acids is 1. The van der Waals surface area contributed by atoms with Gasteiger partial charge in [0.15, 0.2) is 0 Å². The molecule has 0 aromatic heterocycles. The molecule has 1 aromatic rings. The van der Waals surface area contributed by atoms with Crippen LogP contribution in [0.3, 0.4) is 0 Å². The van der Waals surface area contributed by atoms with Crippen LogP contribution in [-0.4, -0.2) is 23.7 Å². The van der Waals surface area contributed by atoms with Gasteiger partial charge in [-0.1, -0.05) is 29.8 Å². The molecule has 1 unspecified atom stereocenters. The first-order valence-electron chi connectivity index (χ1n) is 5.28. The van der Waals surface area contributed by atoms with Gasteiger partial charge in [0.05, 0.1) is 6.61 Å². The molecule has 4 nitrogen and oxygen atoms in total. The third kappa shape index (κ3) is 3.32. The second-order valence-electron chi connectivity index (χ2n) is 3.98. The summed E-state index contributed by atoms with van der Waals surface area (Å²) in [4.78, 5) is 11.7. The van der Waals surface area contributed by atoms with E-state index in [1.54, 1.807) is 6.92 Å². The van der Waals surface area contributed by atoms with Crippen molar-refractivity contribution in [2.24, 2.45) is 5.73 Å². The van der Waals surface area contributed by atoms with Gasteiger partial charge in [0.1, 0.15) is 6.04 Å². The molecule has 0 aliphatic heterocycles. The summed E-state index contributed by atoms with van der Waals surface area (Å²) in [5.41, 5.74) is 7.69. The third-order valence-electron chi connectivity index (χ3n) is 2.38. The summed E-state index contributed by atoms with van der Waals surface area (Å²) in [5.74, 6) is -0.273. The van der Waals surface area contributed by atoms with Crippen LogP contribution in [-0.2, 0) is 4.79 Å². The second-order valence-corrected chi connectivity index (χ2v) is 3.98. The maximum absolute atomic E-state index is 11.7. The lowest BCUT2D eigenvalue weighted by atomic mass is 10.1. The number of aliphatic hydroxyl groups excluding tert-OH is 1. The Balaban J connectivity index is 2.66. The number of benzene rings is 1. The first-order valence-corrected chi connectivity index (χ1v) is 5.28. The number of rotatable bonds is 4. The minimum absolute atomic E-state index is 0.0909. The highest BCUT2D eigenvalue weighted by molar-refractivity contribution is 5.83. The zero-order valence-corrected chi connectivity index (χ0v) is 9.60. The van der Waals surface area contributed by atoms with Gasteiger partial charge >= 0.3 is 0 Å². The van der Waals surface area contributed by atoms with E-state index in [9.17, 15) is 4.79 Å². The predicted molar refractivity (Wildman–Crippen MR) is 62.8 cm³/mol. The molecule has 0 saturated heterocycles. The van der Waals surface area contributed by atoms with E-state index in [-0.39, 0.29) is 18.6 Å². The molecule has 0 bridgehead atoms. The molecule has 0 fully saturated rings. The Kier molecular flexibility index (Phi) is 4.46. The Morgan fingerprint density at radius 3 is 2.50 bits per heavy atom. The topological polar surface area (TPSA) is 75.4 Å². The molecule has 0 saturated carbocycles. The van der Waals surface area contributed by atoms with Crippen LogP contribution in [0.4, 0.5) is 0 Å². The van der Waals surface area contributed by atoms with Gasteiger partial charge in [0.2, 0.25) is 5.91 Å². The molecule has 2 atom stereocenters. The monoisotopic (exact) mass is 222 g/mol. The van der Waals surface area contributed by atoms with E-state index in [1.807, 2.05) is 31.2 Å². The van der Waals surface area contributed by atoms with Crippen molar-refractivity contribution >= 4 is 5.91 Å². The van der Waals surface area contributed by atoms with Crippen molar-refractivity contribution in [2.75, 3.05) is 6.61 Å². The molecular weight excluding hydrogens is 204 g/mol. The van der Waals surface area contributed by atoms with Gasteiger partial charge in [-0.25, -0.2) is 0 Å². The average molecular weight is 222 g/mol. The van der Waals surface area contributed by atoms with Crippen LogP contribution in [0.25, 0.3) is 0 Å². The van der Waals surface area contributed by atoms with E-state index in [0.29, 0.717) is 0 Å². The van der Waals surface area contributed by atoms with E-state index in [2.05, 4.69) is 5.32 Å². The van der Waals surface area contributed by atoms with Crippen LogP contribution in [0.15, 0.2) is 24.3 Å². The van der Waals surface area contributed by atoms with Crippen LogP contribution in [0.2, 0.25) is 0 Å². The fraction of sp³-hybridized carbons (Fsp3) is 0.417. The van der Waals surface area contributed by atoms with Crippen molar-refractivity contribution in [3.63, 3.8) is 0 Å². The third-order valence-corrected chi connectivity index (χ3v) is 2.38. The van der Waals surface area contributed by atoms with Crippen LogP contribution in [0.1, 0.15) is 24.1 Å². The van der Waals surface area contributed by atoms with Crippen molar-refractivity contribution in [3.8, 4) is 0 Å². The molecular formula is C12H18N2O2. The smallest absolute Gasteiger partial charge is 0.241 e. The first kappa shape index (κ1) is 12.7. The largest absolute Gasteiger partial charge is 0.394 e. The van der Waals surface area contributed by atoms with Gasteiger partial charge in [-0.2, -0.15) is 0 Å². The summed E-state index contributed by atoms with van der Waals surface area (Å²) in [7, 11) is 0. The van der Waals surface area contributed by atoms with Crippen LogP contribution in [0, 0.1) is 6.92 Å². The Morgan fingerprint density at radius 1 is 1.44 bits per heavy atom. The molecule has 0 radical (unpaired) electrons. The maximum atomic E-state index is 11.7. The normalized spacial score (nSPS) is 14.2. The van der Waals surface area contributed by atoms with E-state index in [4.69, 9.17) is 10.8 Å². The molecule has 1 rings (SSSR count). The van der Waals surface area contributed by atoms with Crippen molar-refractivity contribution in [1.82, 2.24) is 5.32 Å². The maximum Gasteiger partial charge on any atom is 0.241 e. The van der Waals surface area contributed by atoms with Gasteiger partial charge in [0.25, 0.3) is 0 Å². The minimum atomic E-state index is -0.686. The molecule has 4 heteroatoms. The highest BCUT2D eigenvalue weighted by Gasteiger charge is 2.16. The summed E-state index contributed by atoms with van der Waals surface area (Å²) in [6.45, 7) is 3.61. The standard InChI is InChI=1S/C12H18N2O2/c1-8-3-5-10(6-4-8)11(13)12(16)14-9(2)7-15/h3-6,9,11,15H,7,13H2,1-2H3,(H,14,16)/t9-,11?/m1/s1. The van der Waals surface area contributed by atoms with E-state index in [1.165, 1.54) is 0 Å². The number of hydrogen-bond acceptors (Lipinski definition) is 3. The quantitative estimate of drug-likeness (QED) is 0.694.